The Balaban J connectivity index is 2.10. The first-order valence-electron chi connectivity index (χ1n) is 5.04. The van der Waals surface area contributed by atoms with Crippen LogP contribution >= 0.6 is 11.6 Å². The summed E-state index contributed by atoms with van der Waals surface area (Å²) < 4.78 is 31.1. The molecule has 0 aliphatic carbocycles. The molecule has 2 N–H and O–H groups in total. The Kier molecular flexibility index (Phi) is 3.62. The van der Waals surface area contributed by atoms with Crippen LogP contribution in [0.2, 0.25) is 5.02 Å². The molecule has 1 heterocycles. The monoisotopic (exact) mass is 270 g/mol. The number of nitrogens with two attached hydrogens (primary N) is 1. The van der Waals surface area contributed by atoms with Crippen molar-refractivity contribution >= 4 is 17.3 Å². The Morgan fingerprint density at radius 3 is 2.72 bits per heavy atom. The molecule has 3 nitrogen and oxygen atoms in total. The van der Waals surface area contributed by atoms with Crippen molar-refractivity contribution in [2.75, 3.05) is 5.73 Å². The third-order valence-electron chi connectivity index (χ3n) is 2.26. The zero-order valence-corrected chi connectivity index (χ0v) is 9.92. The molecule has 0 unspecified atom stereocenters. The number of aromatic nitrogens is 1. The summed E-state index contributed by atoms with van der Waals surface area (Å²) in [6, 6.07) is 5.11. The minimum absolute atomic E-state index is 0.0211. The first-order chi connectivity index (χ1) is 8.56. The van der Waals surface area contributed by atoms with Crippen LogP contribution < -0.4 is 10.5 Å². The standard InChI is InChI=1S/C12H9ClF2N2O/c13-9-4-11(16)10(14)3-7(9)6-18-8-1-2-12(15)17-5-8/h1-5H,6,16H2. The summed E-state index contributed by atoms with van der Waals surface area (Å²) in [6.45, 7) is 0.0450. The van der Waals surface area contributed by atoms with Crippen molar-refractivity contribution in [1.82, 2.24) is 4.98 Å². The van der Waals surface area contributed by atoms with E-state index in [1.54, 1.807) is 0 Å². The number of pyridine rings is 1. The van der Waals surface area contributed by atoms with Crippen LogP contribution in [0.25, 0.3) is 0 Å². The molecule has 0 bridgehead atoms. The molecule has 0 atom stereocenters. The normalized spacial score (nSPS) is 10.4. The molecule has 0 fully saturated rings. The van der Waals surface area contributed by atoms with E-state index in [1.165, 1.54) is 30.5 Å². The third-order valence-corrected chi connectivity index (χ3v) is 2.61. The van der Waals surface area contributed by atoms with Crippen LogP contribution in [0.15, 0.2) is 30.5 Å². The number of ether oxygens (including phenoxy) is 1. The number of nitrogens with zero attached hydrogens (tertiary/aromatic N) is 1. The van der Waals surface area contributed by atoms with Crippen LogP contribution in [0.3, 0.4) is 0 Å². The Morgan fingerprint density at radius 1 is 1.28 bits per heavy atom. The van der Waals surface area contributed by atoms with Gasteiger partial charge in [0.05, 0.1) is 11.9 Å². The SMILES string of the molecule is Nc1cc(Cl)c(COc2ccc(F)nc2)cc1F. The molecule has 0 saturated carbocycles. The summed E-state index contributed by atoms with van der Waals surface area (Å²) >= 11 is 5.89. The number of nitrogen functional groups attached to an aromatic ring is 1. The summed E-state index contributed by atoms with van der Waals surface area (Å²) in [6.07, 6.45) is 1.23. The average Bonchev–Trinajstić information content (AvgIpc) is 2.34. The van der Waals surface area contributed by atoms with Crippen molar-refractivity contribution in [2.45, 2.75) is 6.61 Å². The van der Waals surface area contributed by atoms with E-state index in [9.17, 15) is 8.78 Å². The average molecular weight is 271 g/mol. The summed E-state index contributed by atoms with van der Waals surface area (Å²) in [4.78, 5) is 3.43. The molecular weight excluding hydrogens is 262 g/mol. The highest BCUT2D eigenvalue weighted by Crippen LogP contribution is 2.23. The van der Waals surface area contributed by atoms with Gasteiger partial charge in [-0.25, -0.2) is 9.37 Å². The van der Waals surface area contributed by atoms with Crippen LogP contribution in [-0.2, 0) is 6.61 Å². The van der Waals surface area contributed by atoms with E-state index in [1.807, 2.05) is 0 Å². The molecule has 0 saturated heterocycles. The highest BCUT2D eigenvalue weighted by atomic mass is 35.5. The lowest BCUT2D eigenvalue weighted by Crippen LogP contribution is -2.00. The molecule has 6 heteroatoms. The molecule has 94 valence electrons. The minimum atomic E-state index is -0.598. The predicted molar refractivity (Wildman–Crippen MR) is 64.3 cm³/mol. The lowest BCUT2D eigenvalue weighted by Gasteiger charge is -2.08. The second-order valence-corrected chi connectivity index (χ2v) is 3.98. The van der Waals surface area contributed by atoms with Crippen LogP contribution in [0.5, 0.6) is 5.75 Å². The second-order valence-electron chi connectivity index (χ2n) is 3.57. The zero-order valence-electron chi connectivity index (χ0n) is 9.16. The fraction of sp³-hybridized carbons (Fsp3) is 0.0833. The Bertz CT molecular complexity index is 561. The van der Waals surface area contributed by atoms with Crippen LogP contribution in [0.4, 0.5) is 14.5 Å². The largest absolute Gasteiger partial charge is 0.487 e. The van der Waals surface area contributed by atoms with Crippen LogP contribution in [0, 0.1) is 11.8 Å². The first kappa shape index (κ1) is 12.6. The van der Waals surface area contributed by atoms with E-state index in [4.69, 9.17) is 22.1 Å². The van der Waals surface area contributed by atoms with Crippen molar-refractivity contribution in [2.24, 2.45) is 0 Å². The van der Waals surface area contributed by atoms with Crippen LogP contribution in [-0.4, -0.2) is 4.98 Å². The number of halogens is 3. The van der Waals surface area contributed by atoms with Gasteiger partial charge in [-0.3, -0.25) is 0 Å². The van der Waals surface area contributed by atoms with E-state index in [2.05, 4.69) is 4.98 Å². The molecule has 0 spiro atoms. The second kappa shape index (κ2) is 5.18. The van der Waals surface area contributed by atoms with Gasteiger partial charge in [-0.05, 0) is 24.3 Å². The third kappa shape index (κ3) is 2.87. The lowest BCUT2D eigenvalue weighted by atomic mass is 10.2. The molecule has 0 aliphatic heterocycles. The molecule has 0 radical (unpaired) electrons. The van der Waals surface area contributed by atoms with Gasteiger partial charge in [-0.15, -0.1) is 0 Å². The Hall–Kier alpha value is -1.88. The van der Waals surface area contributed by atoms with Crippen molar-refractivity contribution in [1.29, 1.82) is 0 Å². The van der Waals surface area contributed by atoms with Gasteiger partial charge in [-0.2, -0.15) is 4.39 Å². The number of anilines is 1. The van der Waals surface area contributed by atoms with Gasteiger partial charge in [0.1, 0.15) is 18.2 Å². The smallest absolute Gasteiger partial charge is 0.213 e. The highest BCUT2D eigenvalue weighted by Gasteiger charge is 2.07. The molecule has 1 aromatic heterocycles. The van der Waals surface area contributed by atoms with Crippen molar-refractivity contribution in [3.8, 4) is 5.75 Å². The van der Waals surface area contributed by atoms with E-state index in [0.29, 0.717) is 16.3 Å². The Morgan fingerprint density at radius 2 is 2.06 bits per heavy atom. The number of hydrogen-bond donors (Lipinski definition) is 1. The minimum Gasteiger partial charge on any atom is -0.487 e. The first-order valence-corrected chi connectivity index (χ1v) is 5.42. The fourth-order valence-electron chi connectivity index (χ4n) is 1.32. The number of benzene rings is 1. The van der Waals surface area contributed by atoms with E-state index in [-0.39, 0.29) is 12.3 Å². The summed E-state index contributed by atoms with van der Waals surface area (Å²) in [7, 11) is 0. The van der Waals surface area contributed by atoms with Gasteiger partial charge < -0.3 is 10.5 Å². The topological polar surface area (TPSA) is 48.1 Å². The molecule has 1 aromatic carbocycles. The van der Waals surface area contributed by atoms with Crippen molar-refractivity contribution < 1.29 is 13.5 Å². The highest BCUT2D eigenvalue weighted by molar-refractivity contribution is 6.31. The molecule has 2 aromatic rings. The van der Waals surface area contributed by atoms with Gasteiger partial charge in [0.15, 0.2) is 0 Å². The molecule has 0 aliphatic rings. The summed E-state index contributed by atoms with van der Waals surface area (Å²) in [5.41, 5.74) is 5.79. The fourth-order valence-corrected chi connectivity index (χ4v) is 1.55. The zero-order chi connectivity index (χ0) is 13.1. The molecule has 2 rings (SSSR count). The van der Waals surface area contributed by atoms with Crippen molar-refractivity contribution in [3.63, 3.8) is 0 Å². The van der Waals surface area contributed by atoms with Gasteiger partial charge >= 0.3 is 0 Å². The number of rotatable bonds is 3. The Labute approximate surface area is 107 Å². The van der Waals surface area contributed by atoms with Gasteiger partial charge in [-0.1, -0.05) is 11.6 Å². The maximum Gasteiger partial charge on any atom is 0.213 e. The lowest BCUT2D eigenvalue weighted by molar-refractivity contribution is 0.303. The summed E-state index contributed by atoms with van der Waals surface area (Å²) in [5.74, 6) is -0.793. The molecule has 0 amide bonds. The molecule has 18 heavy (non-hydrogen) atoms. The predicted octanol–water partition coefficient (Wildman–Crippen LogP) is 3.17. The van der Waals surface area contributed by atoms with E-state index in [0.717, 1.165) is 0 Å². The summed E-state index contributed by atoms with van der Waals surface area (Å²) in [5, 5.41) is 0.309. The van der Waals surface area contributed by atoms with Gasteiger partial charge in [0.25, 0.3) is 0 Å². The van der Waals surface area contributed by atoms with E-state index >= 15 is 0 Å². The molecular formula is C12H9ClF2N2O. The maximum atomic E-state index is 13.2. The van der Waals surface area contributed by atoms with Crippen LogP contribution in [0.1, 0.15) is 5.56 Å². The van der Waals surface area contributed by atoms with Crippen molar-refractivity contribution in [3.05, 3.63) is 52.8 Å². The quantitative estimate of drug-likeness (QED) is 0.688. The number of hydrogen-bond acceptors (Lipinski definition) is 3. The van der Waals surface area contributed by atoms with Gasteiger partial charge in [0.2, 0.25) is 5.95 Å². The maximum absolute atomic E-state index is 13.2. The van der Waals surface area contributed by atoms with Gasteiger partial charge in [0, 0.05) is 10.6 Å². The van der Waals surface area contributed by atoms with E-state index < -0.39 is 11.8 Å².